The number of aromatic carboxylic acids is 1. The Morgan fingerprint density at radius 1 is 1.24 bits per heavy atom. The van der Waals surface area contributed by atoms with Crippen molar-refractivity contribution in [1.82, 2.24) is 10.6 Å². The van der Waals surface area contributed by atoms with Crippen molar-refractivity contribution >= 4 is 33.7 Å². The molecule has 0 fully saturated rings. The van der Waals surface area contributed by atoms with E-state index in [2.05, 4.69) is 26.6 Å². The van der Waals surface area contributed by atoms with Crippen LogP contribution in [0.1, 0.15) is 17.3 Å². The zero-order valence-corrected chi connectivity index (χ0v) is 12.9. The lowest BCUT2D eigenvalue weighted by Gasteiger charge is -2.10. The number of hydrogen-bond donors (Lipinski definition) is 3. The van der Waals surface area contributed by atoms with Gasteiger partial charge >= 0.3 is 5.97 Å². The van der Waals surface area contributed by atoms with Crippen molar-refractivity contribution in [3.8, 4) is 5.75 Å². The van der Waals surface area contributed by atoms with Gasteiger partial charge in [-0.25, -0.2) is 4.79 Å². The van der Waals surface area contributed by atoms with Crippen LogP contribution >= 0.6 is 15.9 Å². The monoisotopic (exact) mass is 358 g/mol. The van der Waals surface area contributed by atoms with Crippen molar-refractivity contribution < 1.29 is 24.2 Å². The lowest BCUT2D eigenvalue weighted by atomic mass is 10.2. The van der Waals surface area contributed by atoms with Gasteiger partial charge in [0, 0.05) is 24.5 Å². The Kier molecular flexibility index (Phi) is 6.67. The number of benzene rings is 1. The van der Waals surface area contributed by atoms with Crippen LogP contribution < -0.4 is 15.4 Å². The van der Waals surface area contributed by atoms with Gasteiger partial charge in [-0.05, 0) is 18.2 Å². The maximum absolute atomic E-state index is 11.5. The molecule has 0 atom stereocenters. The molecular formula is C13H15BrN2O5. The molecule has 1 aromatic rings. The first-order valence-corrected chi connectivity index (χ1v) is 6.86. The van der Waals surface area contributed by atoms with E-state index in [-0.39, 0.29) is 30.4 Å². The number of ether oxygens (including phenoxy) is 1. The highest BCUT2D eigenvalue weighted by molar-refractivity contribution is 9.10. The molecule has 114 valence electrons. The summed E-state index contributed by atoms with van der Waals surface area (Å²) in [4.78, 5) is 33.2. The molecule has 1 aromatic carbocycles. The fraction of sp³-hybridized carbons (Fsp3) is 0.308. The van der Waals surface area contributed by atoms with Crippen LogP contribution in [0, 0.1) is 0 Å². The minimum absolute atomic E-state index is 0.0320. The standard InChI is InChI=1S/C13H15BrN2O5/c1-8(17)15-4-5-16-12(18)7-21-11-3-2-9(14)6-10(11)13(19)20/h2-3,6H,4-5,7H2,1H3,(H,15,17)(H,16,18)(H,19,20). The first-order valence-electron chi connectivity index (χ1n) is 6.07. The third kappa shape index (κ3) is 6.26. The molecule has 0 spiro atoms. The topological polar surface area (TPSA) is 105 Å². The van der Waals surface area contributed by atoms with E-state index in [1.807, 2.05) is 0 Å². The van der Waals surface area contributed by atoms with Crippen molar-refractivity contribution in [3.05, 3.63) is 28.2 Å². The van der Waals surface area contributed by atoms with Gasteiger partial charge in [-0.2, -0.15) is 0 Å². The van der Waals surface area contributed by atoms with E-state index >= 15 is 0 Å². The lowest BCUT2D eigenvalue weighted by Crippen LogP contribution is -2.36. The molecule has 3 N–H and O–H groups in total. The number of halogens is 1. The van der Waals surface area contributed by atoms with Gasteiger partial charge in [0.1, 0.15) is 11.3 Å². The first-order chi connectivity index (χ1) is 9.90. The van der Waals surface area contributed by atoms with E-state index in [4.69, 9.17) is 9.84 Å². The Bertz CT molecular complexity index is 547. The van der Waals surface area contributed by atoms with Gasteiger partial charge in [0.15, 0.2) is 6.61 Å². The molecule has 0 saturated carbocycles. The Morgan fingerprint density at radius 3 is 2.52 bits per heavy atom. The summed E-state index contributed by atoms with van der Waals surface area (Å²) in [5.41, 5.74) is -0.0320. The van der Waals surface area contributed by atoms with E-state index in [0.29, 0.717) is 11.0 Å². The van der Waals surface area contributed by atoms with Crippen LogP contribution in [0.5, 0.6) is 5.75 Å². The average molecular weight is 359 g/mol. The number of carboxylic acid groups (broad SMARTS) is 1. The quantitative estimate of drug-likeness (QED) is 0.624. The van der Waals surface area contributed by atoms with E-state index in [0.717, 1.165) is 0 Å². The molecule has 7 nitrogen and oxygen atoms in total. The minimum atomic E-state index is -1.14. The van der Waals surface area contributed by atoms with E-state index in [1.165, 1.54) is 19.1 Å². The molecule has 8 heteroatoms. The number of hydrogen-bond acceptors (Lipinski definition) is 4. The number of carbonyl (C=O) groups is 3. The molecule has 2 amide bonds. The van der Waals surface area contributed by atoms with Crippen LogP contribution in [0.25, 0.3) is 0 Å². The van der Waals surface area contributed by atoms with Gasteiger partial charge in [0.2, 0.25) is 5.91 Å². The van der Waals surface area contributed by atoms with Gasteiger partial charge in [0.05, 0.1) is 0 Å². The Balaban J connectivity index is 2.46. The van der Waals surface area contributed by atoms with Crippen LogP contribution in [0.3, 0.4) is 0 Å². The van der Waals surface area contributed by atoms with Gasteiger partial charge in [0.25, 0.3) is 5.91 Å². The number of carboxylic acids is 1. The SMILES string of the molecule is CC(=O)NCCNC(=O)COc1ccc(Br)cc1C(=O)O. The summed E-state index contributed by atoms with van der Waals surface area (Å²) in [5, 5.41) is 14.1. The minimum Gasteiger partial charge on any atom is -0.483 e. The zero-order valence-electron chi connectivity index (χ0n) is 11.3. The summed E-state index contributed by atoms with van der Waals surface area (Å²) < 4.78 is 5.80. The third-order valence-electron chi connectivity index (χ3n) is 2.35. The van der Waals surface area contributed by atoms with E-state index in [9.17, 15) is 14.4 Å². The van der Waals surface area contributed by atoms with Crippen molar-refractivity contribution in [1.29, 1.82) is 0 Å². The summed E-state index contributed by atoms with van der Waals surface area (Å²) >= 11 is 3.17. The van der Waals surface area contributed by atoms with Crippen LogP contribution in [0.15, 0.2) is 22.7 Å². The molecule has 0 aliphatic heterocycles. The first kappa shape index (κ1) is 17.0. The number of rotatable bonds is 7. The summed E-state index contributed by atoms with van der Waals surface area (Å²) in [6.45, 7) is 1.67. The maximum atomic E-state index is 11.5. The molecule has 1 rings (SSSR count). The molecule has 0 saturated heterocycles. The van der Waals surface area contributed by atoms with E-state index in [1.54, 1.807) is 6.07 Å². The van der Waals surface area contributed by atoms with Gasteiger partial charge in [-0.15, -0.1) is 0 Å². The Morgan fingerprint density at radius 2 is 1.90 bits per heavy atom. The van der Waals surface area contributed by atoms with Crippen LogP contribution in [-0.2, 0) is 9.59 Å². The number of nitrogens with one attached hydrogen (secondary N) is 2. The highest BCUT2D eigenvalue weighted by Crippen LogP contribution is 2.23. The molecule has 0 unspecified atom stereocenters. The molecule has 21 heavy (non-hydrogen) atoms. The average Bonchev–Trinajstić information content (AvgIpc) is 2.41. The fourth-order valence-corrected chi connectivity index (χ4v) is 1.79. The molecule has 0 radical (unpaired) electrons. The summed E-state index contributed by atoms with van der Waals surface area (Å²) in [6, 6.07) is 4.49. The van der Waals surface area contributed by atoms with Gasteiger partial charge in [-0.3, -0.25) is 9.59 Å². The predicted molar refractivity (Wildman–Crippen MR) is 78.3 cm³/mol. The molecule has 0 aromatic heterocycles. The zero-order chi connectivity index (χ0) is 15.8. The maximum Gasteiger partial charge on any atom is 0.339 e. The predicted octanol–water partition coefficient (Wildman–Crippen LogP) is 0.778. The lowest BCUT2D eigenvalue weighted by molar-refractivity contribution is -0.123. The van der Waals surface area contributed by atoms with Crippen molar-refractivity contribution in [3.63, 3.8) is 0 Å². The molecule has 0 heterocycles. The Hall–Kier alpha value is -2.09. The normalized spacial score (nSPS) is 9.81. The second kappa shape index (κ2) is 8.25. The number of amides is 2. The largest absolute Gasteiger partial charge is 0.483 e. The smallest absolute Gasteiger partial charge is 0.339 e. The van der Waals surface area contributed by atoms with Crippen LogP contribution in [0.4, 0.5) is 0 Å². The van der Waals surface area contributed by atoms with Crippen molar-refractivity contribution in [2.24, 2.45) is 0 Å². The van der Waals surface area contributed by atoms with Crippen molar-refractivity contribution in [2.75, 3.05) is 19.7 Å². The fourth-order valence-electron chi connectivity index (χ4n) is 1.43. The number of carbonyl (C=O) groups excluding carboxylic acids is 2. The summed E-state index contributed by atoms with van der Waals surface area (Å²) in [7, 11) is 0. The van der Waals surface area contributed by atoms with Gasteiger partial charge in [-0.1, -0.05) is 15.9 Å². The summed E-state index contributed by atoms with van der Waals surface area (Å²) in [6.07, 6.45) is 0. The Labute approximate surface area is 129 Å². The van der Waals surface area contributed by atoms with Crippen LogP contribution in [-0.4, -0.2) is 42.6 Å². The van der Waals surface area contributed by atoms with E-state index < -0.39 is 11.9 Å². The third-order valence-corrected chi connectivity index (χ3v) is 2.85. The second-order valence-corrected chi connectivity index (χ2v) is 4.98. The highest BCUT2D eigenvalue weighted by atomic mass is 79.9. The second-order valence-electron chi connectivity index (χ2n) is 4.07. The van der Waals surface area contributed by atoms with Crippen LogP contribution in [0.2, 0.25) is 0 Å². The molecular weight excluding hydrogens is 344 g/mol. The molecule has 0 aliphatic rings. The molecule has 0 bridgehead atoms. The van der Waals surface area contributed by atoms with Gasteiger partial charge < -0.3 is 20.5 Å². The molecule has 0 aliphatic carbocycles. The highest BCUT2D eigenvalue weighted by Gasteiger charge is 2.13. The van der Waals surface area contributed by atoms with Crippen molar-refractivity contribution in [2.45, 2.75) is 6.92 Å². The summed E-state index contributed by atoms with van der Waals surface area (Å²) in [5.74, 6) is -1.61.